The van der Waals surface area contributed by atoms with Crippen molar-refractivity contribution in [1.82, 2.24) is 10.2 Å². The van der Waals surface area contributed by atoms with E-state index in [1.54, 1.807) is 6.92 Å². The minimum Gasteiger partial charge on any atom is -0.495 e. The number of carbonyl (C=O) groups is 2. The molecule has 1 N–H and O–H groups in total. The lowest BCUT2D eigenvalue weighted by Crippen LogP contribution is -2.52. The van der Waals surface area contributed by atoms with Crippen molar-refractivity contribution in [2.24, 2.45) is 0 Å². The van der Waals surface area contributed by atoms with Gasteiger partial charge in [0.05, 0.1) is 24.1 Å². The molecular formula is C24H32ClN3O5S. The molecule has 2 rings (SSSR count). The fraction of sp³-hybridized carbons (Fsp3) is 0.417. The molecule has 0 radical (unpaired) electrons. The molecule has 2 aromatic rings. The van der Waals surface area contributed by atoms with Gasteiger partial charge in [-0.2, -0.15) is 0 Å². The third kappa shape index (κ3) is 6.87. The number of nitrogens with zero attached hydrogens (tertiary/aromatic N) is 2. The molecule has 2 aromatic carbocycles. The quantitative estimate of drug-likeness (QED) is 0.501. The molecule has 0 aliphatic heterocycles. The van der Waals surface area contributed by atoms with Crippen molar-refractivity contribution in [2.75, 3.05) is 30.8 Å². The van der Waals surface area contributed by atoms with E-state index in [1.807, 2.05) is 38.1 Å². The monoisotopic (exact) mass is 509 g/mol. The molecule has 10 heteroatoms. The Morgan fingerprint density at radius 1 is 1.15 bits per heavy atom. The number of hydrogen-bond donors (Lipinski definition) is 1. The van der Waals surface area contributed by atoms with Crippen LogP contribution in [-0.2, 0) is 26.2 Å². The average Bonchev–Trinajstić information content (AvgIpc) is 2.77. The van der Waals surface area contributed by atoms with E-state index < -0.39 is 28.5 Å². The molecular weight excluding hydrogens is 478 g/mol. The molecule has 0 heterocycles. The second-order valence-electron chi connectivity index (χ2n) is 7.86. The molecule has 0 aliphatic rings. The Balaban J connectivity index is 2.47. The highest BCUT2D eigenvalue weighted by atomic mass is 35.5. The second kappa shape index (κ2) is 12.1. The van der Waals surface area contributed by atoms with Crippen LogP contribution in [0.4, 0.5) is 5.69 Å². The minimum atomic E-state index is -3.84. The summed E-state index contributed by atoms with van der Waals surface area (Å²) in [5.74, 6) is -0.405. The van der Waals surface area contributed by atoms with Gasteiger partial charge in [0.15, 0.2) is 0 Å². The van der Waals surface area contributed by atoms with Gasteiger partial charge < -0.3 is 15.0 Å². The van der Waals surface area contributed by atoms with Crippen molar-refractivity contribution >= 4 is 39.1 Å². The molecule has 0 fully saturated rings. The third-order valence-corrected chi connectivity index (χ3v) is 6.88. The smallest absolute Gasteiger partial charge is 0.244 e. The molecule has 0 saturated heterocycles. The number of aryl methyl sites for hydroxylation is 1. The van der Waals surface area contributed by atoms with Crippen molar-refractivity contribution in [3.8, 4) is 5.75 Å². The van der Waals surface area contributed by atoms with Gasteiger partial charge in [0.25, 0.3) is 0 Å². The SMILES string of the molecule is CCNC(=O)C(CC)N(Cc1ccccc1C)C(=O)CN(c1ccc(OC)c(Cl)c1)S(C)(=O)=O. The number of amides is 2. The highest BCUT2D eigenvalue weighted by Crippen LogP contribution is 2.30. The first-order valence-electron chi connectivity index (χ1n) is 11.0. The lowest BCUT2D eigenvalue weighted by Gasteiger charge is -2.33. The number of hydrogen-bond acceptors (Lipinski definition) is 5. The van der Waals surface area contributed by atoms with E-state index in [2.05, 4.69) is 5.32 Å². The Morgan fingerprint density at radius 3 is 2.35 bits per heavy atom. The number of benzene rings is 2. The van der Waals surface area contributed by atoms with Crippen LogP contribution in [0.3, 0.4) is 0 Å². The van der Waals surface area contributed by atoms with Crippen molar-refractivity contribution in [1.29, 1.82) is 0 Å². The predicted octanol–water partition coefficient (Wildman–Crippen LogP) is 3.37. The van der Waals surface area contributed by atoms with Gasteiger partial charge in [0.2, 0.25) is 21.8 Å². The van der Waals surface area contributed by atoms with Gasteiger partial charge in [-0.3, -0.25) is 13.9 Å². The van der Waals surface area contributed by atoms with Crippen LogP contribution in [0.5, 0.6) is 5.75 Å². The standard InChI is InChI=1S/C24H32ClN3O5S/c1-6-21(24(30)26-7-2)27(15-18-11-9-8-10-17(18)3)23(29)16-28(34(5,31)32)19-12-13-22(33-4)20(25)14-19/h8-14,21H,6-7,15-16H2,1-5H3,(H,26,30). The summed E-state index contributed by atoms with van der Waals surface area (Å²) in [7, 11) is -2.39. The van der Waals surface area contributed by atoms with Crippen LogP contribution in [-0.4, -0.2) is 57.6 Å². The second-order valence-corrected chi connectivity index (χ2v) is 10.2. The fourth-order valence-electron chi connectivity index (χ4n) is 3.61. The molecule has 2 amide bonds. The largest absolute Gasteiger partial charge is 0.495 e. The molecule has 0 bridgehead atoms. The van der Waals surface area contributed by atoms with Crippen LogP contribution >= 0.6 is 11.6 Å². The van der Waals surface area contributed by atoms with Gasteiger partial charge >= 0.3 is 0 Å². The summed E-state index contributed by atoms with van der Waals surface area (Å²) in [6, 6.07) is 11.3. The Hall–Kier alpha value is -2.78. The Bertz CT molecular complexity index is 1120. The molecule has 8 nitrogen and oxygen atoms in total. The maximum absolute atomic E-state index is 13.6. The van der Waals surface area contributed by atoms with E-state index in [0.29, 0.717) is 18.7 Å². The van der Waals surface area contributed by atoms with E-state index >= 15 is 0 Å². The normalized spacial score (nSPS) is 12.1. The topological polar surface area (TPSA) is 96.0 Å². The first-order valence-corrected chi connectivity index (χ1v) is 13.2. The zero-order valence-corrected chi connectivity index (χ0v) is 21.7. The average molecular weight is 510 g/mol. The van der Waals surface area contributed by atoms with Gasteiger partial charge in [-0.1, -0.05) is 42.8 Å². The zero-order chi connectivity index (χ0) is 25.5. The summed E-state index contributed by atoms with van der Waals surface area (Å²) in [6.45, 7) is 5.65. The number of methoxy groups -OCH3 is 1. The number of nitrogens with one attached hydrogen (secondary N) is 1. The highest BCUT2D eigenvalue weighted by molar-refractivity contribution is 7.92. The maximum Gasteiger partial charge on any atom is 0.244 e. The number of ether oxygens (including phenoxy) is 1. The minimum absolute atomic E-state index is 0.169. The van der Waals surface area contributed by atoms with Crippen LogP contribution in [0, 0.1) is 6.92 Å². The van der Waals surface area contributed by atoms with E-state index in [1.165, 1.54) is 30.2 Å². The van der Waals surface area contributed by atoms with Crippen LogP contribution < -0.4 is 14.4 Å². The summed E-state index contributed by atoms with van der Waals surface area (Å²) in [5, 5.41) is 2.99. The number of halogens is 1. The Labute approximate surface area is 206 Å². The van der Waals surface area contributed by atoms with Crippen molar-refractivity contribution in [3.05, 3.63) is 58.6 Å². The molecule has 1 unspecified atom stereocenters. The van der Waals surface area contributed by atoms with E-state index in [-0.39, 0.29) is 23.2 Å². The number of rotatable bonds is 11. The summed E-state index contributed by atoms with van der Waals surface area (Å²) in [5.41, 5.74) is 2.06. The van der Waals surface area contributed by atoms with Gasteiger partial charge in [-0.25, -0.2) is 8.42 Å². The van der Waals surface area contributed by atoms with Crippen molar-refractivity contribution < 1.29 is 22.7 Å². The number of likely N-dealkylation sites (N-methyl/N-ethyl adjacent to an activating group) is 1. The lowest BCUT2D eigenvalue weighted by atomic mass is 10.1. The highest BCUT2D eigenvalue weighted by Gasteiger charge is 2.32. The molecule has 0 aromatic heterocycles. The van der Waals surface area contributed by atoms with Crippen LogP contribution in [0.15, 0.2) is 42.5 Å². The molecule has 0 aliphatic carbocycles. The summed E-state index contributed by atoms with van der Waals surface area (Å²) in [6.07, 6.45) is 1.39. The van der Waals surface area contributed by atoms with E-state index in [4.69, 9.17) is 16.3 Å². The van der Waals surface area contributed by atoms with Gasteiger partial charge in [-0.15, -0.1) is 0 Å². The number of sulfonamides is 1. The van der Waals surface area contributed by atoms with Crippen LogP contribution in [0.1, 0.15) is 31.4 Å². The van der Waals surface area contributed by atoms with Gasteiger partial charge in [-0.05, 0) is 49.6 Å². The number of anilines is 1. The van der Waals surface area contributed by atoms with Crippen molar-refractivity contribution in [3.63, 3.8) is 0 Å². The van der Waals surface area contributed by atoms with Crippen LogP contribution in [0.25, 0.3) is 0 Å². The maximum atomic E-state index is 13.6. The Kier molecular flexibility index (Phi) is 9.76. The Morgan fingerprint density at radius 2 is 1.82 bits per heavy atom. The van der Waals surface area contributed by atoms with Crippen LogP contribution in [0.2, 0.25) is 5.02 Å². The molecule has 0 spiro atoms. The first-order chi connectivity index (χ1) is 16.0. The fourth-order valence-corrected chi connectivity index (χ4v) is 4.70. The van der Waals surface area contributed by atoms with Gasteiger partial charge in [0, 0.05) is 13.1 Å². The number of carbonyl (C=O) groups excluding carboxylic acids is 2. The van der Waals surface area contributed by atoms with E-state index in [0.717, 1.165) is 21.7 Å². The molecule has 34 heavy (non-hydrogen) atoms. The molecule has 186 valence electrons. The van der Waals surface area contributed by atoms with Gasteiger partial charge in [0.1, 0.15) is 18.3 Å². The predicted molar refractivity (Wildman–Crippen MR) is 135 cm³/mol. The zero-order valence-electron chi connectivity index (χ0n) is 20.2. The first kappa shape index (κ1) is 27.5. The molecule has 1 atom stereocenters. The summed E-state index contributed by atoms with van der Waals surface area (Å²) < 4.78 is 31.4. The summed E-state index contributed by atoms with van der Waals surface area (Å²) in [4.78, 5) is 27.8. The molecule has 0 saturated carbocycles. The third-order valence-electron chi connectivity index (χ3n) is 5.44. The van der Waals surface area contributed by atoms with E-state index in [9.17, 15) is 18.0 Å². The summed E-state index contributed by atoms with van der Waals surface area (Å²) >= 11 is 6.20. The van der Waals surface area contributed by atoms with Crippen molar-refractivity contribution in [2.45, 2.75) is 39.8 Å². The lowest BCUT2D eigenvalue weighted by molar-refractivity contribution is -0.140.